The van der Waals surface area contributed by atoms with Gasteiger partial charge in [-0.25, -0.2) is 0 Å². The van der Waals surface area contributed by atoms with Gasteiger partial charge in [-0.2, -0.15) is 50.4 Å². The van der Waals surface area contributed by atoms with Gasteiger partial charge >= 0.3 is 54.9 Å². The zero-order valence-corrected chi connectivity index (χ0v) is 12.0. The SMILES string of the molecule is FP(F)F.FP(F)F.FP(F)F.FP(F)F.[Ru+2]. The van der Waals surface area contributed by atoms with Crippen LogP contribution in [0, 0.1) is 0 Å². The van der Waals surface area contributed by atoms with Gasteiger partial charge < -0.3 is 0 Å². The number of rotatable bonds is 0. The molecular weight excluding hydrogens is 453 g/mol. The molecule has 0 N–H and O–H groups in total. The van der Waals surface area contributed by atoms with E-state index in [1.165, 1.54) is 0 Å². The largest absolute Gasteiger partial charge is 2.00 e. The van der Waals surface area contributed by atoms with E-state index in [1.54, 1.807) is 0 Å². The fourth-order valence-corrected chi connectivity index (χ4v) is 0. The molecule has 0 aromatic carbocycles. The Hall–Kier alpha value is 1.50. The van der Waals surface area contributed by atoms with E-state index in [-0.39, 0.29) is 19.5 Å². The quantitative estimate of drug-likeness (QED) is 0.196. The van der Waals surface area contributed by atoms with Crippen LogP contribution in [0.4, 0.5) is 50.4 Å². The molecule has 0 saturated carbocycles. The number of hydrogen-bond donors (Lipinski definition) is 0. The summed E-state index contributed by atoms with van der Waals surface area (Å²) in [5, 5.41) is 0. The van der Waals surface area contributed by atoms with Crippen LogP contribution in [-0.2, 0) is 19.5 Å². The summed E-state index contributed by atoms with van der Waals surface area (Å²) >= 11 is 0. The molecule has 0 nitrogen and oxygen atoms in total. The van der Waals surface area contributed by atoms with Crippen molar-refractivity contribution in [2.24, 2.45) is 0 Å². The first-order valence-corrected chi connectivity index (χ1v) is 6.09. The second-order valence-electron chi connectivity index (χ2n) is 0.767. The van der Waals surface area contributed by atoms with Gasteiger partial charge in [0.1, 0.15) is 0 Å². The van der Waals surface area contributed by atoms with E-state index in [1.807, 2.05) is 0 Å². The predicted molar refractivity (Wildman–Crippen MR) is 41.0 cm³/mol. The minimum Gasteiger partial charge on any atom is -0.152 e. The third-order valence-corrected chi connectivity index (χ3v) is 0. The fraction of sp³-hybridized carbons (Fsp3) is 0. The van der Waals surface area contributed by atoms with E-state index < -0.39 is 35.4 Å². The molecule has 0 aliphatic rings. The van der Waals surface area contributed by atoms with Crippen LogP contribution in [0.2, 0.25) is 0 Å². The summed E-state index contributed by atoms with van der Waals surface area (Å²) in [6.07, 6.45) is 0. The zero-order valence-electron chi connectivity index (χ0n) is 6.68. The van der Waals surface area contributed by atoms with Crippen molar-refractivity contribution in [2.75, 3.05) is 0 Å². The molecule has 0 aliphatic heterocycles. The third-order valence-electron chi connectivity index (χ3n) is 0. The van der Waals surface area contributed by atoms with E-state index in [2.05, 4.69) is 0 Å². The van der Waals surface area contributed by atoms with Crippen molar-refractivity contribution in [1.82, 2.24) is 0 Å². The topological polar surface area (TPSA) is 0 Å². The van der Waals surface area contributed by atoms with E-state index in [0.29, 0.717) is 0 Å². The van der Waals surface area contributed by atoms with Crippen LogP contribution < -0.4 is 0 Å². The summed E-state index contributed by atoms with van der Waals surface area (Å²) in [6, 6.07) is 0. The van der Waals surface area contributed by atoms with Crippen LogP contribution in [0.3, 0.4) is 0 Å². The molecule has 17 heteroatoms. The summed E-state index contributed by atoms with van der Waals surface area (Å²) in [7, 11) is -16.5. The average molecular weight is 453 g/mol. The van der Waals surface area contributed by atoms with Gasteiger partial charge in [-0.05, 0) is 0 Å². The standard InChI is InChI=1S/4F3P.Ru/c4*1-4(2)3;/q;;;;+2. The Morgan fingerprint density at radius 1 is 0.294 bits per heavy atom. The summed E-state index contributed by atoms with van der Waals surface area (Å²) in [6.45, 7) is 0. The van der Waals surface area contributed by atoms with Crippen molar-refractivity contribution in [3.05, 3.63) is 0 Å². The maximum atomic E-state index is 9.73. The van der Waals surface area contributed by atoms with Crippen LogP contribution in [0.1, 0.15) is 0 Å². The molecule has 0 bridgehead atoms. The maximum absolute atomic E-state index is 9.73. The zero-order chi connectivity index (χ0) is 14.3. The van der Waals surface area contributed by atoms with Gasteiger partial charge in [0.2, 0.25) is 0 Å². The predicted octanol–water partition coefficient (Wildman–Crippen LogP) is 8.48. The maximum Gasteiger partial charge on any atom is 2.00 e. The van der Waals surface area contributed by atoms with Crippen molar-refractivity contribution in [1.29, 1.82) is 0 Å². The summed E-state index contributed by atoms with van der Waals surface area (Å²) in [5.41, 5.74) is 0. The molecule has 0 aliphatic carbocycles. The molecule has 0 unspecified atom stereocenters. The third kappa shape index (κ3) is 1860. The summed E-state index contributed by atoms with van der Waals surface area (Å²) in [5.74, 6) is 0. The monoisotopic (exact) mass is 454 g/mol. The smallest absolute Gasteiger partial charge is 0.152 e. The Balaban J connectivity index is -0.0000000369. The summed E-state index contributed by atoms with van der Waals surface area (Å²) < 4.78 is 117. The second-order valence-corrected chi connectivity index (χ2v) is 2.30. The molecule has 0 atom stereocenters. The van der Waals surface area contributed by atoms with Gasteiger partial charge in [0.05, 0.1) is 0 Å². The van der Waals surface area contributed by atoms with Gasteiger partial charge in [0, 0.05) is 0 Å². The van der Waals surface area contributed by atoms with E-state index >= 15 is 0 Å². The average Bonchev–Trinajstić information content (AvgIpc) is 1.76. The van der Waals surface area contributed by atoms with Crippen molar-refractivity contribution in [3.63, 3.8) is 0 Å². The Bertz CT molecular complexity index is 61.5. The molecule has 0 fully saturated rings. The molecule has 0 aromatic heterocycles. The minimum atomic E-state index is -4.12. The van der Waals surface area contributed by atoms with Gasteiger partial charge in [0.25, 0.3) is 0 Å². The molecule has 0 rings (SSSR count). The number of halogens is 12. The molecule has 0 aromatic rings. The van der Waals surface area contributed by atoms with Gasteiger partial charge in [0.15, 0.2) is 0 Å². The Morgan fingerprint density at radius 3 is 0.294 bits per heavy atom. The Kier molecular flexibility index (Phi) is 47.8. The van der Waals surface area contributed by atoms with Gasteiger partial charge in [-0.1, -0.05) is 0 Å². The Morgan fingerprint density at radius 2 is 0.294 bits per heavy atom. The minimum absolute atomic E-state index is 0. The Labute approximate surface area is 106 Å². The van der Waals surface area contributed by atoms with Crippen LogP contribution in [-0.4, -0.2) is 0 Å². The van der Waals surface area contributed by atoms with Crippen molar-refractivity contribution in [3.8, 4) is 0 Å². The molecule has 0 heterocycles. The molecule has 17 heavy (non-hydrogen) atoms. The van der Waals surface area contributed by atoms with Crippen LogP contribution >= 0.6 is 35.4 Å². The van der Waals surface area contributed by atoms with Gasteiger partial charge in [-0.3, -0.25) is 0 Å². The fourth-order valence-electron chi connectivity index (χ4n) is 0. The molecule has 110 valence electrons. The molecule has 0 saturated heterocycles. The van der Waals surface area contributed by atoms with Crippen LogP contribution in [0.5, 0.6) is 0 Å². The molecule has 0 spiro atoms. The van der Waals surface area contributed by atoms with Crippen molar-refractivity contribution < 1.29 is 69.8 Å². The first kappa shape index (κ1) is 31.1. The van der Waals surface area contributed by atoms with Crippen LogP contribution in [0.15, 0.2) is 0 Å². The molecule has 0 amide bonds. The first-order valence-electron chi connectivity index (χ1n) is 2.03. The second kappa shape index (κ2) is 26.1. The van der Waals surface area contributed by atoms with E-state index in [0.717, 1.165) is 0 Å². The van der Waals surface area contributed by atoms with E-state index in [4.69, 9.17) is 0 Å². The number of hydrogen-bond acceptors (Lipinski definition) is 0. The summed E-state index contributed by atoms with van der Waals surface area (Å²) in [4.78, 5) is 0. The van der Waals surface area contributed by atoms with Crippen LogP contribution in [0.25, 0.3) is 0 Å². The van der Waals surface area contributed by atoms with Gasteiger partial charge in [-0.15, -0.1) is 0 Å². The normalized spacial score (nSPS) is 8.47. The van der Waals surface area contributed by atoms with Crippen molar-refractivity contribution in [2.45, 2.75) is 0 Å². The van der Waals surface area contributed by atoms with Crippen molar-refractivity contribution >= 4 is 35.4 Å². The molecule has 0 radical (unpaired) electrons. The molecular formula is F12P4Ru+2. The first-order chi connectivity index (χ1) is 6.93. The van der Waals surface area contributed by atoms with E-state index in [9.17, 15) is 50.4 Å².